The van der Waals surface area contributed by atoms with Crippen LogP contribution in [0.3, 0.4) is 0 Å². The minimum atomic E-state index is -0.470. The van der Waals surface area contributed by atoms with Crippen molar-refractivity contribution in [3.05, 3.63) is 51.3 Å². The summed E-state index contributed by atoms with van der Waals surface area (Å²) >= 11 is 3.57. The highest BCUT2D eigenvalue weighted by Crippen LogP contribution is 2.50. The van der Waals surface area contributed by atoms with Gasteiger partial charge in [-0.3, -0.25) is 0 Å². The van der Waals surface area contributed by atoms with Gasteiger partial charge in [0.05, 0.1) is 20.1 Å². The maximum atomic E-state index is 9.74. The molecule has 0 saturated carbocycles. The molecule has 2 aliphatic heterocycles. The minimum absolute atomic E-state index is 0.0514. The third-order valence-electron chi connectivity index (χ3n) is 4.52. The Morgan fingerprint density at radius 3 is 2.37 bits per heavy atom. The molecule has 2 N–H and O–H groups in total. The molecule has 2 aromatic rings. The fraction of sp³-hybridized carbons (Fsp3) is 0.211. The number of hydrogen-bond donors (Lipinski definition) is 1. The number of ether oxygens (including phenoxy) is 5. The molecule has 0 amide bonds. The van der Waals surface area contributed by atoms with Gasteiger partial charge in [0.1, 0.15) is 17.4 Å². The van der Waals surface area contributed by atoms with Gasteiger partial charge in [-0.25, -0.2) is 0 Å². The van der Waals surface area contributed by atoms with E-state index in [1.165, 1.54) is 0 Å². The Labute approximate surface area is 164 Å². The molecule has 0 spiro atoms. The quantitative estimate of drug-likeness (QED) is 0.796. The van der Waals surface area contributed by atoms with Crippen LogP contribution in [0, 0.1) is 11.3 Å². The first kappa shape index (κ1) is 17.4. The smallest absolute Gasteiger partial charge is 0.231 e. The Hall–Kier alpha value is -3.05. The van der Waals surface area contributed by atoms with Gasteiger partial charge in [-0.15, -0.1) is 0 Å². The number of rotatable bonds is 3. The number of benzene rings is 2. The number of nitriles is 1. The van der Waals surface area contributed by atoms with E-state index in [1.807, 2.05) is 12.1 Å². The van der Waals surface area contributed by atoms with Gasteiger partial charge < -0.3 is 29.4 Å². The van der Waals surface area contributed by atoms with E-state index in [0.29, 0.717) is 34.3 Å². The molecule has 0 aromatic heterocycles. The minimum Gasteiger partial charge on any atom is -0.493 e. The first-order valence-electron chi connectivity index (χ1n) is 8.00. The predicted octanol–water partition coefficient (Wildman–Crippen LogP) is 3.41. The molecule has 2 aliphatic rings. The van der Waals surface area contributed by atoms with E-state index in [2.05, 4.69) is 22.0 Å². The van der Waals surface area contributed by atoms with Crippen LogP contribution < -0.4 is 29.4 Å². The van der Waals surface area contributed by atoms with E-state index < -0.39 is 5.92 Å². The van der Waals surface area contributed by atoms with E-state index >= 15 is 0 Å². The largest absolute Gasteiger partial charge is 0.493 e. The Morgan fingerprint density at radius 2 is 1.70 bits per heavy atom. The first-order chi connectivity index (χ1) is 13.1. The van der Waals surface area contributed by atoms with Crippen LogP contribution in [0.1, 0.15) is 17.0 Å². The Bertz CT molecular complexity index is 1010. The number of allylic oxidation sites excluding steroid dienone is 1. The third kappa shape index (κ3) is 2.71. The SMILES string of the molecule is COc1cc(Br)c([C@H]2C(C#N)=C(N)Oc3cc4c(cc32)OCO4)cc1OC. The number of nitrogens with zero attached hydrogens (tertiary/aromatic N) is 1. The van der Waals surface area contributed by atoms with Crippen LogP contribution in [0.25, 0.3) is 0 Å². The van der Waals surface area contributed by atoms with Crippen molar-refractivity contribution in [2.75, 3.05) is 21.0 Å². The average molecular weight is 431 g/mol. The van der Waals surface area contributed by atoms with Crippen molar-refractivity contribution in [3.8, 4) is 34.8 Å². The van der Waals surface area contributed by atoms with E-state index in [0.717, 1.165) is 15.6 Å². The van der Waals surface area contributed by atoms with Gasteiger partial charge in [-0.2, -0.15) is 5.26 Å². The van der Waals surface area contributed by atoms with Crippen LogP contribution in [0.2, 0.25) is 0 Å². The van der Waals surface area contributed by atoms with E-state index in [-0.39, 0.29) is 12.7 Å². The van der Waals surface area contributed by atoms with Crippen LogP contribution in [0.15, 0.2) is 40.2 Å². The zero-order valence-electron chi connectivity index (χ0n) is 14.5. The van der Waals surface area contributed by atoms with Crippen molar-refractivity contribution in [1.82, 2.24) is 0 Å². The summed E-state index contributed by atoms with van der Waals surface area (Å²) in [7, 11) is 3.12. The van der Waals surface area contributed by atoms with E-state index in [4.69, 9.17) is 29.4 Å². The number of nitrogens with two attached hydrogens (primary N) is 1. The summed E-state index contributed by atoms with van der Waals surface area (Å²) in [6.45, 7) is 0.136. The van der Waals surface area contributed by atoms with Gasteiger partial charge >= 0.3 is 0 Å². The highest BCUT2D eigenvalue weighted by Gasteiger charge is 2.34. The first-order valence-corrected chi connectivity index (χ1v) is 8.79. The highest BCUT2D eigenvalue weighted by molar-refractivity contribution is 9.10. The fourth-order valence-electron chi connectivity index (χ4n) is 3.26. The molecule has 0 fully saturated rings. The molecule has 4 rings (SSSR count). The highest BCUT2D eigenvalue weighted by atomic mass is 79.9. The summed E-state index contributed by atoms with van der Waals surface area (Å²) in [5.41, 5.74) is 7.88. The summed E-state index contributed by atoms with van der Waals surface area (Å²) in [4.78, 5) is 0. The lowest BCUT2D eigenvalue weighted by Crippen LogP contribution is -2.21. The van der Waals surface area contributed by atoms with Crippen LogP contribution >= 0.6 is 15.9 Å². The van der Waals surface area contributed by atoms with Gasteiger partial charge in [0, 0.05) is 16.1 Å². The molecule has 0 unspecified atom stereocenters. The zero-order chi connectivity index (χ0) is 19.1. The Morgan fingerprint density at radius 1 is 1.04 bits per heavy atom. The molecular weight excluding hydrogens is 416 g/mol. The van der Waals surface area contributed by atoms with Crippen LogP contribution in [0.4, 0.5) is 0 Å². The van der Waals surface area contributed by atoms with Crippen LogP contribution in [0.5, 0.6) is 28.7 Å². The molecule has 8 heteroatoms. The van der Waals surface area contributed by atoms with Crippen molar-refractivity contribution in [2.24, 2.45) is 5.73 Å². The van der Waals surface area contributed by atoms with E-state index in [1.54, 1.807) is 26.4 Å². The van der Waals surface area contributed by atoms with Crippen LogP contribution in [-0.4, -0.2) is 21.0 Å². The maximum absolute atomic E-state index is 9.74. The maximum Gasteiger partial charge on any atom is 0.231 e. The number of hydrogen-bond acceptors (Lipinski definition) is 7. The van der Waals surface area contributed by atoms with Crippen molar-refractivity contribution >= 4 is 15.9 Å². The summed E-state index contributed by atoms with van der Waals surface area (Å²) in [6.07, 6.45) is 0. The van der Waals surface area contributed by atoms with Gasteiger partial charge in [0.25, 0.3) is 0 Å². The number of fused-ring (bicyclic) bond motifs is 2. The number of methoxy groups -OCH3 is 2. The predicted molar refractivity (Wildman–Crippen MR) is 99.1 cm³/mol. The molecule has 27 heavy (non-hydrogen) atoms. The normalized spacial score (nSPS) is 17.0. The Balaban J connectivity index is 1.95. The molecule has 0 aliphatic carbocycles. The molecule has 138 valence electrons. The summed E-state index contributed by atoms with van der Waals surface area (Å²) < 4.78 is 28.1. The van der Waals surface area contributed by atoms with Crippen LogP contribution in [-0.2, 0) is 0 Å². The van der Waals surface area contributed by atoms with Gasteiger partial charge in [-0.1, -0.05) is 15.9 Å². The molecular formula is C19H15BrN2O5. The van der Waals surface area contributed by atoms with Crippen molar-refractivity contribution in [1.29, 1.82) is 5.26 Å². The topological polar surface area (TPSA) is 96.0 Å². The number of halogens is 1. The second kappa shape index (κ2) is 6.59. The lowest BCUT2D eigenvalue weighted by atomic mass is 9.83. The standard InChI is InChI=1S/C19H15BrN2O5/c1-23-14-3-9(12(20)5-15(14)24-2)18-10-4-16-17(26-8-25-16)6-13(10)27-19(22)11(18)7-21/h3-6,18H,8,22H2,1-2H3/t18-/m1/s1. The molecule has 2 heterocycles. The zero-order valence-corrected chi connectivity index (χ0v) is 16.1. The third-order valence-corrected chi connectivity index (χ3v) is 5.21. The summed E-state index contributed by atoms with van der Waals surface area (Å²) in [6, 6.07) is 9.32. The fourth-order valence-corrected chi connectivity index (χ4v) is 3.81. The molecule has 1 atom stereocenters. The van der Waals surface area contributed by atoms with E-state index in [9.17, 15) is 5.26 Å². The van der Waals surface area contributed by atoms with Crippen molar-refractivity contribution in [3.63, 3.8) is 0 Å². The van der Waals surface area contributed by atoms with Gasteiger partial charge in [0.2, 0.25) is 12.7 Å². The second-order valence-corrected chi connectivity index (χ2v) is 6.75. The molecule has 0 bridgehead atoms. The molecule has 0 radical (unpaired) electrons. The lowest BCUT2D eigenvalue weighted by molar-refractivity contribution is 0.174. The average Bonchev–Trinajstić information content (AvgIpc) is 3.12. The molecule has 7 nitrogen and oxygen atoms in total. The Kier molecular flexibility index (Phi) is 4.24. The summed E-state index contributed by atoms with van der Waals surface area (Å²) in [5, 5.41) is 9.74. The molecule has 0 saturated heterocycles. The molecule has 2 aromatic carbocycles. The lowest BCUT2D eigenvalue weighted by Gasteiger charge is -2.27. The van der Waals surface area contributed by atoms with Crippen molar-refractivity contribution in [2.45, 2.75) is 5.92 Å². The van der Waals surface area contributed by atoms with Gasteiger partial charge in [-0.05, 0) is 23.8 Å². The summed E-state index contributed by atoms with van der Waals surface area (Å²) in [5.74, 6) is 2.38. The van der Waals surface area contributed by atoms with Crippen molar-refractivity contribution < 1.29 is 23.7 Å². The van der Waals surface area contributed by atoms with Gasteiger partial charge in [0.15, 0.2) is 23.0 Å². The monoisotopic (exact) mass is 430 g/mol. The second-order valence-electron chi connectivity index (χ2n) is 5.90.